The van der Waals surface area contributed by atoms with E-state index in [4.69, 9.17) is 10.6 Å². The summed E-state index contributed by atoms with van der Waals surface area (Å²) < 4.78 is 0. The molecule has 3 N–H and O–H groups in total. The number of carbonyl (C=O) groups is 1. The SMILES string of the molecule is CCONC(=O)C1CCCC(N)C1. The first-order chi connectivity index (χ1) is 6.24. The first-order valence-corrected chi connectivity index (χ1v) is 4.91. The van der Waals surface area contributed by atoms with Gasteiger partial charge < -0.3 is 5.73 Å². The lowest BCUT2D eigenvalue weighted by molar-refractivity contribution is -0.138. The maximum Gasteiger partial charge on any atom is 0.246 e. The second-order valence-corrected chi connectivity index (χ2v) is 3.52. The van der Waals surface area contributed by atoms with E-state index in [2.05, 4.69) is 5.48 Å². The standard InChI is InChI=1S/C9H18N2O2/c1-2-13-11-9(12)7-4-3-5-8(10)6-7/h7-8H,2-6,10H2,1H3,(H,11,12). The van der Waals surface area contributed by atoms with Crippen molar-refractivity contribution < 1.29 is 9.63 Å². The molecule has 0 aromatic rings. The van der Waals surface area contributed by atoms with E-state index in [9.17, 15) is 4.79 Å². The van der Waals surface area contributed by atoms with E-state index in [1.165, 1.54) is 0 Å². The minimum absolute atomic E-state index is 0.0167. The van der Waals surface area contributed by atoms with Gasteiger partial charge in [0, 0.05) is 12.0 Å². The third kappa shape index (κ3) is 3.32. The van der Waals surface area contributed by atoms with Crippen LogP contribution in [0.2, 0.25) is 0 Å². The highest BCUT2D eigenvalue weighted by molar-refractivity contribution is 5.77. The van der Waals surface area contributed by atoms with Crippen LogP contribution >= 0.6 is 0 Å². The molecule has 0 bridgehead atoms. The minimum Gasteiger partial charge on any atom is -0.328 e. The van der Waals surface area contributed by atoms with Gasteiger partial charge in [-0.1, -0.05) is 6.42 Å². The Morgan fingerprint density at radius 3 is 3.00 bits per heavy atom. The van der Waals surface area contributed by atoms with Crippen LogP contribution in [0.15, 0.2) is 0 Å². The van der Waals surface area contributed by atoms with E-state index in [0.717, 1.165) is 25.7 Å². The quantitative estimate of drug-likeness (QED) is 0.633. The van der Waals surface area contributed by atoms with Crippen molar-refractivity contribution in [1.29, 1.82) is 0 Å². The lowest BCUT2D eigenvalue weighted by Gasteiger charge is -2.25. The number of nitrogens with one attached hydrogen (secondary N) is 1. The number of hydrogen-bond acceptors (Lipinski definition) is 3. The van der Waals surface area contributed by atoms with Crippen molar-refractivity contribution in [2.45, 2.75) is 38.6 Å². The highest BCUT2D eigenvalue weighted by atomic mass is 16.6. The molecule has 0 aliphatic heterocycles. The first-order valence-electron chi connectivity index (χ1n) is 4.91. The zero-order valence-corrected chi connectivity index (χ0v) is 8.08. The molecule has 1 amide bonds. The van der Waals surface area contributed by atoms with Gasteiger partial charge in [-0.2, -0.15) is 0 Å². The zero-order chi connectivity index (χ0) is 9.68. The molecular formula is C9H18N2O2. The number of carbonyl (C=O) groups excluding carboxylic acids is 1. The second kappa shape index (κ2) is 5.19. The molecule has 0 aromatic heterocycles. The predicted molar refractivity (Wildman–Crippen MR) is 49.7 cm³/mol. The third-order valence-electron chi connectivity index (χ3n) is 2.40. The monoisotopic (exact) mass is 186 g/mol. The third-order valence-corrected chi connectivity index (χ3v) is 2.40. The molecule has 1 rings (SSSR count). The molecule has 2 unspecified atom stereocenters. The molecule has 1 saturated carbocycles. The molecule has 0 spiro atoms. The van der Waals surface area contributed by atoms with Gasteiger partial charge in [0.2, 0.25) is 5.91 Å². The number of nitrogens with two attached hydrogens (primary N) is 1. The summed E-state index contributed by atoms with van der Waals surface area (Å²) in [4.78, 5) is 16.3. The topological polar surface area (TPSA) is 64.3 Å². The molecule has 4 nitrogen and oxygen atoms in total. The van der Waals surface area contributed by atoms with E-state index in [-0.39, 0.29) is 17.9 Å². The molecule has 0 radical (unpaired) electrons. The molecule has 1 aliphatic rings. The smallest absolute Gasteiger partial charge is 0.246 e. The number of hydrogen-bond donors (Lipinski definition) is 2. The summed E-state index contributed by atoms with van der Waals surface area (Å²) in [6, 6.07) is 0.186. The Hall–Kier alpha value is -0.610. The summed E-state index contributed by atoms with van der Waals surface area (Å²) in [7, 11) is 0. The summed E-state index contributed by atoms with van der Waals surface area (Å²) in [6.45, 7) is 2.34. The highest BCUT2D eigenvalue weighted by Crippen LogP contribution is 2.22. The minimum atomic E-state index is -0.0167. The lowest BCUT2D eigenvalue weighted by atomic mass is 9.86. The van der Waals surface area contributed by atoms with Gasteiger partial charge in [0.05, 0.1) is 6.61 Å². The van der Waals surface area contributed by atoms with Crippen molar-refractivity contribution in [3.05, 3.63) is 0 Å². The van der Waals surface area contributed by atoms with E-state index in [1.54, 1.807) is 0 Å². The van der Waals surface area contributed by atoms with Crippen molar-refractivity contribution in [1.82, 2.24) is 5.48 Å². The molecule has 0 aromatic carbocycles. The largest absolute Gasteiger partial charge is 0.328 e. The highest BCUT2D eigenvalue weighted by Gasteiger charge is 2.25. The van der Waals surface area contributed by atoms with E-state index < -0.39 is 0 Å². The Kier molecular flexibility index (Phi) is 4.18. The molecule has 4 heteroatoms. The van der Waals surface area contributed by atoms with Gasteiger partial charge >= 0.3 is 0 Å². The van der Waals surface area contributed by atoms with Crippen LogP contribution in [0, 0.1) is 5.92 Å². The Morgan fingerprint density at radius 1 is 1.62 bits per heavy atom. The number of amides is 1. The molecule has 0 heterocycles. The molecule has 76 valence electrons. The van der Waals surface area contributed by atoms with E-state index in [1.807, 2.05) is 6.92 Å². The Labute approximate surface area is 78.8 Å². The first kappa shape index (κ1) is 10.5. The summed E-state index contributed by atoms with van der Waals surface area (Å²) in [5, 5.41) is 0. The van der Waals surface area contributed by atoms with Crippen LogP contribution in [0.1, 0.15) is 32.6 Å². The summed E-state index contributed by atoms with van der Waals surface area (Å²) in [5.41, 5.74) is 8.20. The number of rotatable bonds is 3. The van der Waals surface area contributed by atoms with Crippen LogP contribution in [0.25, 0.3) is 0 Å². The number of hydroxylamine groups is 1. The van der Waals surface area contributed by atoms with Gasteiger partial charge in [-0.25, -0.2) is 5.48 Å². The van der Waals surface area contributed by atoms with Crippen LogP contribution in [-0.2, 0) is 9.63 Å². The maximum atomic E-state index is 11.4. The lowest BCUT2D eigenvalue weighted by Crippen LogP contribution is -2.37. The summed E-state index contributed by atoms with van der Waals surface area (Å²) in [5.74, 6) is 0.0345. The predicted octanol–water partition coefficient (Wildman–Crippen LogP) is 0.572. The maximum absolute atomic E-state index is 11.4. The average Bonchev–Trinajstić information content (AvgIpc) is 2.14. The fraction of sp³-hybridized carbons (Fsp3) is 0.889. The van der Waals surface area contributed by atoms with Crippen LogP contribution in [0.5, 0.6) is 0 Å². The van der Waals surface area contributed by atoms with Crippen LogP contribution < -0.4 is 11.2 Å². The Balaban J connectivity index is 2.28. The van der Waals surface area contributed by atoms with Gasteiger partial charge in [0.1, 0.15) is 0 Å². The molecule has 0 saturated heterocycles. The second-order valence-electron chi connectivity index (χ2n) is 3.52. The van der Waals surface area contributed by atoms with Crippen LogP contribution in [0.3, 0.4) is 0 Å². The summed E-state index contributed by atoms with van der Waals surface area (Å²) in [6.07, 6.45) is 3.81. The molecule has 2 atom stereocenters. The van der Waals surface area contributed by atoms with Crippen molar-refractivity contribution in [3.63, 3.8) is 0 Å². The zero-order valence-electron chi connectivity index (χ0n) is 8.08. The molecular weight excluding hydrogens is 168 g/mol. The van der Waals surface area contributed by atoms with E-state index >= 15 is 0 Å². The van der Waals surface area contributed by atoms with Crippen molar-refractivity contribution in [3.8, 4) is 0 Å². The van der Waals surface area contributed by atoms with Crippen molar-refractivity contribution >= 4 is 5.91 Å². The van der Waals surface area contributed by atoms with Gasteiger partial charge in [0.25, 0.3) is 0 Å². The summed E-state index contributed by atoms with van der Waals surface area (Å²) >= 11 is 0. The molecule has 1 aliphatic carbocycles. The fourth-order valence-corrected chi connectivity index (χ4v) is 1.69. The van der Waals surface area contributed by atoms with Crippen molar-refractivity contribution in [2.24, 2.45) is 11.7 Å². The van der Waals surface area contributed by atoms with Crippen LogP contribution in [-0.4, -0.2) is 18.6 Å². The Bertz CT molecular complexity index is 173. The van der Waals surface area contributed by atoms with Gasteiger partial charge in [-0.05, 0) is 26.2 Å². The van der Waals surface area contributed by atoms with E-state index in [0.29, 0.717) is 6.61 Å². The average molecular weight is 186 g/mol. The molecule has 1 fully saturated rings. The van der Waals surface area contributed by atoms with Crippen molar-refractivity contribution in [2.75, 3.05) is 6.61 Å². The fourth-order valence-electron chi connectivity index (χ4n) is 1.69. The van der Waals surface area contributed by atoms with Gasteiger partial charge in [-0.15, -0.1) is 0 Å². The van der Waals surface area contributed by atoms with Gasteiger partial charge in [0.15, 0.2) is 0 Å². The Morgan fingerprint density at radius 2 is 2.38 bits per heavy atom. The van der Waals surface area contributed by atoms with Crippen LogP contribution in [0.4, 0.5) is 0 Å². The molecule has 13 heavy (non-hydrogen) atoms. The van der Waals surface area contributed by atoms with Gasteiger partial charge in [-0.3, -0.25) is 9.63 Å². The normalized spacial score (nSPS) is 28.5.